The molecule has 7 heteroatoms. The highest BCUT2D eigenvalue weighted by Gasteiger charge is 2.20. The van der Waals surface area contributed by atoms with Crippen molar-refractivity contribution in [2.45, 2.75) is 26.9 Å². The number of rotatable bonds is 8. The van der Waals surface area contributed by atoms with Gasteiger partial charge in [0.05, 0.1) is 13.0 Å². The first kappa shape index (κ1) is 16.6. The van der Waals surface area contributed by atoms with E-state index in [0.29, 0.717) is 18.8 Å². The zero-order chi connectivity index (χ0) is 15.1. The Balaban J connectivity index is 2.76. The van der Waals surface area contributed by atoms with Gasteiger partial charge in [0.25, 0.3) is 5.91 Å². The fourth-order valence-electron chi connectivity index (χ4n) is 1.71. The molecule has 0 saturated carbocycles. The van der Waals surface area contributed by atoms with E-state index in [0.717, 1.165) is 5.01 Å². The molecular weight excluding hydrogens is 280 g/mol. The lowest BCUT2D eigenvalue weighted by atomic mass is 10.2. The molecule has 0 bridgehead atoms. The number of carbonyl (C=O) groups is 2. The Hall–Kier alpha value is -1.47. The summed E-state index contributed by atoms with van der Waals surface area (Å²) < 4.78 is 4.97. The maximum Gasteiger partial charge on any atom is 0.305 e. The van der Waals surface area contributed by atoms with Crippen molar-refractivity contribution in [2.24, 2.45) is 5.92 Å². The third-order valence-corrected chi connectivity index (χ3v) is 3.33. The van der Waals surface area contributed by atoms with Crippen molar-refractivity contribution < 1.29 is 19.4 Å². The van der Waals surface area contributed by atoms with Gasteiger partial charge in [-0.3, -0.25) is 9.59 Å². The summed E-state index contributed by atoms with van der Waals surface area (Å²) in [4.78, 5) is 28.8. The molecule has 0 unspecified atom stereocenters. The number of hydrogen-bond acceptors (Lipinski definition) is 5. The molecule has 0 aromatic carbocycles. The highest BCUT2D eigenvalue weighted by atomic mass is 32.1. The lowest BCUT2D eigenvalue weighted by Gasteiger charge is -2.23. The van der Waals surface area contributed by atoms with Gasteiger partial charge in [-0.15, -0.1) is 11.3 Å². The van der Waals surface area contributed by atoms with Crippen LogP contribution in [0, 0.1) is 5.92 Å². The molecule has 1 N–H and O–H groups in total. The van der Waals surface area contributed by atoms with Crippen LogP contribution in [0.1, 0.15) is 35.8 Å². The lowest BCUT2D eigenvalue weighted by molar-refractivity contribution is -0.137. The molecule has 1 amide bonds. The van der Waals surface area contributed by atoms with Crippen LogP contribution in [-0.4, -0.2) is 47.1 Å². The largest absolute Gasteiger partial charge is 0.481 e. The molecule has 0 saturated heterocycles. The second-order valence-corrected chi connectivity index (χ2v) is 5.79. The van der Waals surface area contributed by atoms with E-state index < -0.39 is 5.97 Å². The molecule has 1 aromatic heterocycles. The van der Waals surface area contributed by atoms with Crippen LogP contribution in [0.15, 0.2) is 5.38 Å². The average molecular weight is 300 g/mol. The molecule has 0 spiro atoms. The van der Waals surface area contributed by atoms with Gasteiger partial charge < -0.3 is 14.7 Å². The number of amides is 1. The van der Waals surface area contributed by atoms with Gasteiger partial charge in [0.2, 0.25) is 0 Å². The van der Waals surface area contributed by atoms with Gasteiger partial charge in [-0.05, 0) is 5.92 Å². The van der Waals surface area contributed by atoms with Gasteiger partial charge in [0.1, 0.15) is 10.7 Å². The molecular formula is C13H20N2O4S. The van der Waals surface area contributed by atoms with Crippen molar-refractivity contribution in [3.63, 3.8) is 0 Å². The van der Waals surface area contributed by atoms with E-state index >= 15 is 0 Å². The Kier molecular flexibility index (Phi) is 6.60. The van der Waals surface area contributed by atoms with Gasteiger partial charge in [-0.25, -0.2) is 4.98 Å². The third-order valence-electron chi connectivity index (χ3n) is 2.51. The number of thiazole rings is 1. The Labute approximate surface area is 122 Å². The number of carbonyl (C=O) groups excluding carboxylic acids is 1. The summed E-state index contributed by atoms with van der Waals surface area (Å²) in [5.41, 5.74) is 0.355. The first-order chi connectivity index (χ1) is 9.43. The van der Waals surface area contributed by atoms with Gasteiger partial charge in [0, 0.05) is 25.6 Å². The second kappa shape index (κ2) is 7.96. The molecule has 0 aliphatic heterocycles. The Bertz CT molecular complexity index is 459. The summed E-state index contributed by atoms with van der Waals surface area (Å²) in [6.07, 6.45) is -0.0620. The van der Waals surface area contributed by atoms with Gasteiger partial charge in [-0.1, -0.05) is 13.8 Å². The van der Waals surface area contributed by atoms with E-state index in [1.807, 2.05) is 13.8 Å². The highest BCUT2D eigenvalue weighted by molar-refractivity contribution is 7.09. The summed E-state index contributed by atoms with van der Waals surface area (Å²) in [5.74, 6) is -0.867. The molecule has 0 aliphatic rings. The normalized spacial score (nSPS) is 10.8. The Morgan fingerprint density at radius 1 is 1.50 bits per heavy atom. The number of hydrogen-bond donors (Lipinski definition) is 1. The van der Waals surface area contributed by atoms with Crippen LogP contribution in [0.5, 0.6) is 0 Å². The number of methoxy groups -OCH3 is 1. The number of carboxylic acid groups (broad SMARTS) is 1. The van der Waals surface area contributed by atoms with E-state index in [4.69, 9.17) is 9.84 Å². The number of ether oxygens (including phenoxy) is 1. The van der Waals surface area contributed by atoms with Crippen LogP contribution < -0.4 is 0 Å². The van der Waals surface area contributed by atoms with Crippen LogP contribution >= 0.6 is 11.3 Å². The van der Waals surface area contributed by atoms with E-state index in [1.54, 1.807) is 17.4 Å². The Morgan fingerprint density at radius 3 is 2.75 bits per heavy atom. The predicted octanol–water partition coefficient (Wildman–Crippen LogP) is 1.86. The van der Waals surface area contributed by atoms with Crippen LogP contribution in [0.3, 0.4) is 0 Å². The van der Waals surface area contributed by atoms with Crippen molar-refractivity contribution in [1.82, 2.24) is 9.88 Å². The van der Waals surface area contributed by atoms with Gasteiger partial charge in [0.15, 0.2) is 0 Å². The molecule has 20 heavy (non-hydrogen) atoms. The van der Waals surface area contributed by atoms with Gasteiger partial charge in [-0.2, -0.15) is 0 Å². The molecule has 6 nitrogen and oxygen atoms in total. The molecule has 0 fully saturated rings. The molecule has 112 valence electrons. The summed E-state index contributed by atoms with van der Waals surface area (Å²) in [7, 11) is 1.57. The third kappa shape index (κ3) is 5.26. The number of carboxylic acids is 1. The van der Waals surface area contributed by atoms with Crippen molar-refractivity contribution in [1.29, 1.82) is 0 Å². The minimum absolute atomic E-state index is 0.0620. The monoisotopic (exact) mass is 300 g/mol. The smallest absolute Gasteiger partial charge is 0.305 e. The SMILES string of the molecule is COCc1nc(C(=O)N(CCC(=O)O)CC(C)C)cs1. The summed E-state index contributed by atoms with van der Waals surface area (Å²) in [5, 5.41) is 11.2. The number of nitrogens with zero attached hydrogens (tertiary/aromatic N) is 2. The molecule has 1 aromatic rings. The van der Waals surface area contributed by atoms with Crippen LogP contribution in [0.25, 0.3) is 0 Å². The summed E-state index contributed by atoms with van der Waals surface area (Å²) in [6, 6.07) is 0. The fraction of sp³-hybridized carbons (Fsp3) is 0.615. The van der Waals surface area contributed by atoms with E-state index in [-0.39, 0.29) is 24.8 Å². The first-order valence-electron chi connectivity index (χ1n) is 6.38. The first-order valence-corrected chi connectivity index (χ1v) is 7.26. The maximum absolute atomic E-state index is 12.3. The van der Waals surface area contributed by atoms with Crippen molar-refractivity contribution >= 4 is 23.2 Å². The van der Waals surface area contributed by atoms with Gasteiger partial charge >= 0.3 is 5.97 Å². The van der Waals surface area contributed by atoms with Crippen molar-refractivity contribution in [3.8, 4) is 0 Å². The minimum Gasteiger partial charge on any atom is -0.481 e. The molecule has 1 heterocycles. The number of aliphatic carboxylic acids is 1. The zero-order valence-electron chi connectivity index (χ0n) is 12.0. The molecule has 0 aliphatic carbocycles. The zero-order valence-corrected chi connectivity index (χ0v) is 12.8. The lowest BCUT2D eigenvalue weighted by Crippen LogP contribution is -2.36. The average Bonchev–Trinajstić information content (AvgIpc) is 2.82. The number of aromatic nitrogens is 1. The highest BCUT2D eigenvalue weighted by Crippen LogP contribution is 2.14. The minimum atomic E-state index is -0.912. The molecule has 0 radical (unpaired) electrons. The van der Waals surface area contributed by atoms with E-state index in [9.17, 15) is 9.59 Å². The van der Waals surface area contributed by atoms with Crippen molar-refractivity contribution in [2.75, 3.05) is 20.2 Å². The standard InChI is InChI=1S/C13H20N2O4S/c1-9(2)6-15(5-4-12(16)17)13(18)10-8-20-11(14-10)7-19-3/h8-9H,4-7H2,1-3H3,(H,16,17). The maximum atomic E-state index is 12.3. The quantitative estimate of drug-likeness (QED) is 0.792. The van der Waals surface area contributed by atoms with Crippen molar-refractivity contribution in [3.05, 3.63) is 16.1 Å². The van der Waals surface area contributed by atoms with Crippen LogP contribution in [0.2, 0.25) is 0 Å². The Morgan fingerprint density at radius 2 is 2.20 bits per heavy atom. The predicted molar refractivity (Wildman–Crippen MR) is 75.8 cm³/mol. The second-order valence-electron chi connectivity index (χ2n) is 4.85. The van der Waals surface area contributed by atoms with Crippen LogP contribution in [0.4, 0.5) is 0 Å². The summed E-state index contributed by atoms with van der Waals surface area (Å²) in [6.45, 7) is 5.06. The van der Waals surface area contributed by atoms with E-state index in [1.165, 1.54) is 11.3 Å². The molecule has 0 atom stereocenters. The van der Waals surface area contributed by atoms with E-state index in [2.05, 4.69) is 4.98 Å². The molecule has 1 rings (SSSR count). The summed E-state index contributed by atoms with van der Waals surface area (Å²) >= 11 is 1.36. The fourth-order valence-corrected chi connectivity index (χ4v) is 2.45. The topological polar surface area (TPSA) is 79.7 Å². The van der Waals surface area contributed by atoms with Crippen LogP contribution in [-0.2, 0) is 16.1 Å².